The van der Waals surface area contributed by atoms with Crippen molar-refractivity contribution in [3.8, 4) is 16.9 Å². The van der Waals surface area contributed by atoms with Crippen molar-refractivity contribution in [2.24, 2.45) is 0 Å². The summed E-state index contributed by atoms with van der Waals surface area (Å²) in [5.74, 6) is 0.808. The summed E-state index contributed by atoms with van der Waals surface area (Å²) >= 11 is 0. The predicted octanol–water partition coefficient (Wildman–Crippen LogP) is 1.93. The molecule has 5 heteroatoms. The van der Waals surface area contributed by atoms with E-state index in [9.17, 15) is 4.79 Å². The summed E-state index contributed by atoms with van der Waals surface area (Å²) in [5.41, 5.74) is 2.99. The van der Waals surface area contributed by atoms with E-state index in [2.05, 4.69) is 15.0 Å². The largest absolute Gasteiger partial charge is 0.497 e. The van der Waals surface area contributed by atoms with E-state index in [-0.39, 0.29) is 5.69 Å². The lowest BCUT2D eigenvalue weighted by atomic mass is 10.1. The lowest BCUT2D eigenvalue weighted by Gasteiger charge is -2.03. The molecule has 0 amide bonds. The number of hydrogen-bond acceptors (Lipinski definition) is 3. The Balaban J connectivity index is 2.09. The van der Waals surface area contributed by atoms with Crippen molar-refractivity contribution in [3.63, 3.8) is 0 Å². The molecule has 2 heterocycles. The quantitative estimate of drug-likeness (QED) is 0.720. The lowest BCUT2D eigenvalue weighted by Crippen LogP contribution is -1.99. The summed E-state index contributed by atoms with van der Waals surface area (Å²) in [5, 5.41) is 0. The molecule has 0 spiro atoms. The van der Waals surface area contributed by atoms with E-state index in [0.717, 1.165) is 16.9 Å². The minimum Gasteiger partial charge on any atom is -0.497 e. The number of fused-ring (bicyclic) bond motifs is 1. The molecule has 3 aromatic rings. The van der Waals surface area contributed by atoms with Gasteiger partial charge >= 0.3 is 5.69 Å². The molecule has 0 radical (unpaired) electrons. The average Bonchev–Trinajstić information content (AvgIpc) is 2.78. The Morgan fingerprint density at radius 2 is 1.89 bits per heavy atom. The summed E-state index contributed by atoms with van der Waals surface area (Å²) in [7, 11) is 1.63. The van der Waals surface area contributed by atoms with Crippen LogP contribution in [0.15, 0.2) is 41.3 Å². The molecule has 3 rings (SSSR count). The predicted molar refractivity (Wildman–Crippen MR) is 68.7 cm³/mol. The van der Waals surface area contributed by atoms with Gasteiger partial charge in [-0.05, 0) is 23.8 Å². The molecule has 0 aliphatic heterocycles. The SMILES string of the molecule is COc1ccc(-c2cnc3[nH]c(=O)[nH]c3c2)cc1. The highest BCUT2D eigenvalue weighted by Gasteiger charge is 2.03. The first-order valence-electron chi connectivity index (χ1n) is 5.49. The minimum atomic E-state index is -0.246. The molecule has 0 atom stereocenters. The van der Waals surface area contributed by atoms with Gasteiger partial charge in [0, 0.05) is 11.8 Å². The van der Waals surface area contributed by atoms with Crippen molar-refractivity contribution in [1.82, 2.24) is 15.0 Å². The monoisotopic (exact) mass is 241 g/mol. The number of imidazole rings is 1. The highest BCUT2D eigenvalue weighted by atomic mass is 16.5. The Morgan fingerprint density at radius 3 is 2.61 bits per heavy atom. The Hall–Kier alpha value is -2.56. The Kier molecular flexibility index (Phi) is 2.37. The van der Waals surface area contributed by atoms with Gasteiger partial charge in [0.2, 0.25) is 0 Å². The summed E-state index contributed by atoms with van der Waals surface area (Å²) in [4.78, 5) is 20.7. The van der Waals surface area contributed by atoms with Gasteiger partial charge in [-0.3, -0.25) is 4.98 Å². The second-order valence-corrected chi connectivity index (χ2v) is 3.93. The van der Waals surface area contributed by atoms with Crippen molar-refractivity contribution < 1.29 is 4.74 Å². The first kappa shape index (κ1) is 10.6. The van der Waals surface area contributed by atoms with Gasteiger partial charge in [0.05, 0.1) is 12.6 Å². The highest BCUT2D eigenvalue weighted by Crippen LogP contribution is 2.23. The van der Waals surface area contributed by atoms with Crippen LogP contribution in [0.3, 0.4) is 0 Å². The van der Waals surface area contributed by atoms with Gasteiger partial charge in [-0.1, -0.05) is 12.1 Å². The standard InChI is InChI=1S/C13H11N3O2/c1-18-10-4-2-8(3-5-10)9-6-11-12(14-7-9)16-13(17)15-11/h2-7H,1H3,(H2,14,15,16,17). The number of rotatable bonds is 2. The van der Waals surface area contributed by atoms with Gasteiger partial charge in [-0.2, -0.15) is 0 Å². The van der Waals surface area contributed by atoms with Crippen molar-refractivity contribution >= 4 is 11.2 Å². The molecule has 90 valence electrons. The zero-order chi connectivity index (χ0) is 12.5. The fourth-order valence-corrected chi connectivity index (χ4v) is 1.86. The molecule has 2 aromatic heterocycles. The third kappa shape index (κ3) is 1.75. The Morgan fingerprint density at radius 1 is 1.11 bits per heavy atom. The lowest BCUT2D eigenvalue weighted by molar-refractivity contribution is 0.415. The molecular formula is C13H11N3O2. The smallest absolute Gasteiger partial charge is 0.325 e. The van der Waals surface area contributed by atoms with Crippen LogP contribution in [0.2, 0.25) is 0 Å². The Labute approximate surface area is 102 Å². The van der Waals surface area contributed by atoms with Crippen LogP contribution < -0.4 is 10.4 Å². The third-order valence-corrected chi connectivity index (χ3v) is 2.79. The number of H-pyrrole nitrogens is 2. The molecule has 0 aliphatic carbocycles. The second-order valence-electron chi connectivity index (χ2n) is 3.93. The van der Waals surface area contributed by atoms with Crippen LogP contribution in [0.5, 0.6) is 5.75 Å². The highest BCUT2D eigenvalue weighted by molar-refractivity contribution is 5.77. The molecule has 0 bridgehead atoms. The average molecular weight is 241 g/mol. The van der Waals surface area contributed by atoms with E-state index in [1.807, 2.05) is 30.3 Å². The van der Waals surface area contributed by atoms with Gasteiger partial charge in [0.25, 0.3) is 0 Å². The van der Waals surface area contributed by atoms with Crippen LogP contribution in [-0.2, 0) is 0 Å². The maximum absolute atomic E-state index is 11.2. The second kappa shape index (κ2) is 4.03. The van der Waals surface area contributed by atoms with Crippen LogP contribution in [0.25, 0.3) is 22.3 Å². The number of ether oxygens (including phenoxy) is 1. The first-order chi connectivity index (χ1) is 8.76. The number of pyridine rings is 1. The molecule has 1 aromatic carbocycles. The van der Waals surface area contributed by atoms with Crippen LogP contribution in [0, 0.1) is 0 Å². The van der Waals surface area contributed by atoms with Gasteiger partial charge < -0.3 is 9.72 Å². The first-order valence-corrected chi connectivity index (χ1v) is 5.49. The molecule has 0 fully saturated rings. The topological polar surface area (TPSA) is 70.8 Å². The van der Waals surface area contributed by atoms with E-state index in [1.54, 1.807) is 13.3 Å². The van der Waals surface area contributed by atoms with E-state index >= 15 is 0 Å². The van der Waals surface area contributed by atoms with E-state index < -0.39 is 0 Å². The number of hydrogen-bond donors (Lipinski definition) is 2. The molecular weight excluding hydrogens is 230 g/mol. The van der Waals surface area contributed by atoms with Crippen molar-refractivity contribution in [1.29, 1.82) is 0 Å². The van der Waals surface area contributed by atoms with Gasteiger partial charge in [-0.25, -0.2) is 9.78 Å². The van der Waals surface area contributed by atoms with Crippen LogP contribution in [0.1, 0.15) is 0 Å². The third-order valence-electron chi connectivity index (χ3n) is 2.79. The summed E-state index contributed by atoms with van der Waals surface area (Å²) < 4.78 is 5.11. The minimum absolute atomic E-state index is 0.246. The summed E-state index contributed by atoms with van der Waals surface area (Å²) in [6.45, 7) is 0. The molecule has 0 saturated carbocycles. The number of methoxy groups -OCH3 is 1. The van der Waals surface area contributed by atoms with Crippen LogP contribution >= 0.6 is 0 Å². The summed E-state index contributed by atoms with van der Waals surface area (Å²) in [6, 6.07) is 9.57. The maximum Gasteiger partial charge on any atom is 0.325 e. The number of aromatic nitrogens is 3. The fraction of sp³-hybridized carbons (Fsp3) is 0.0769. The normalized spacial score (nSPS) is 10.7. The molecule has 0 saturated heterocycles. The van der Waals surface area contributed by atoms with Gasteiger partial charge in [-0.15, -0.1) is 0 Å². The number of nitrogens with one attached hydrogen (secondary N) is 2. The summed E-state index contributed by atoms with van der Waals surface area (Å²) in [6.07, 6.45) is 1.73. The van der Waals surface area contributed by atoms with Crippen LogP contribution in [-0.4, -0.2) is 22.1 Å². The zero-order valence-electron chi connectivity index (χ0n) is 9.73. The maximum atomic E-state index is 11.2. The molecule has 18 heavy (non-hydrogen) atoms. The number of benzene rings is 1. The van der Waals surface area contributed by atoms with E-state index in [1.165, 1.54) is 0 Å². The number of aromatic amines is 2. The van der Waals surface area contributed by atoms with Crippen LogP contribution in [0.4, 0.5) is 0 Å². The zero-order valence-corrected chi connectivity index (χ0v) is 9.73. The Bertz CT molecular complexity index is 741. The number of nitrogens with zero attached hydrogens (tertiary/aromatic N) is 1. The van der Waals surface area contributed by atoms with E-state index in [4.69, 9.17) is 4.74 Å². The molecule has 0 unspecified atom stereocenters. The van der Waals surface area contributed by atoms with Gasteiger partial charge in [0.1, 0.15) is 5.75 Å². The van der Waals surface area contributed by atoms with Crippen molar-refractivity contribution in [2.75, 3.05) is 7.11 Å². The fourth-order valence-electron chi connectivity index (χ4n) is 1.86. The van der Waals surface area contributed by atoms with Gasteiger partial charge in [0.15, 0.2) is 5.65 Å². The molecule has 2 N–H and O–H groups in total. The van der Waals surface area contributed by atoms with Crippen molar-refractivity contribution in [3.05, 3.63) is 47.0 Å². The molecule has 5 nitrogen and oxygen atoms in total. The van der Waals surface area contributed by atoms with Crippen molar-refractivity contribution in [2.45, 2.75) is 0 Å². The molecule has 0 aliphatic rings. The van der Waals surface area contributed by atoms with E-state index in [0.29, 0.717) is 11.2 Å².